The van der Waals surface area contributed by atoms with E-state index in [4.69, 9.17) is 10.8 Å². The van der Waals surface area contributed by atoms with E-state index < -0.39 is 33.8 Å². The number of hydrogen-bond donors (Lipinski definition) is 3. The molecule has 8 heteroatoms. The van der Waals surface area contributed by atoms with Gasteiger partial charge in [0.2, 0.25) is 5.91 Å². The fourth-order valence-corrected chi connectivity index (χ4v) is 1.56. The molecule has 0 bridgehead atoms. The van der Waals surface area contributed by atoms with E-state index in [-0.39, 0.29) is 12.2 Å². The number of carboxylic acids is 1. The second kappa shape index (κ2) is 5.80. The molecule has 0 fully saturated rings. The minimum Gasteiger partial charge on any atom is -0.480 e. The van der Waals surface area contributed by atoms with E-state index in [9.17, 15) is 18.0 Å². The van der Waals surface area contributed by atoms with Gasteiger partial charge in [-0.05, 0) is 13.3 Å². The Kier molecular flexibility index (Phi) is 5.39. The van der Waals surface area contributed by atoms with Crippen LogP contribution >= 0.6 is 0 Å². The van der Waals surface area contributed by atoms with Gasteiger partial charge in [-0.15, -0.1) is 0 Å². The van der Waals surface area contributed by atoms with Gasteiger partial charge in [-0.3, -0.25) is 4.79 Å². The summed E-state index contributed by atoms with van der Waals surface area (Å²) in [6.45, 7) is 1.41. The summed E-state index contributed by atoms with van der Waals surface area (Å²) >= 11 is 0. The number of carbonyl (C=O) groups is 2. The van der Waals surface area contributed by atoms with Gasteiger partial charge in [-0.25, -0.2) is 13.2 Å². The zero-order valence-electron chi connectivity index (χ0n) is 9.13. The highest BCUT2D eigenvalue weighted by Gasteiger charge is 2.22. The van der Waals surface area contributed by atoms with Crippen molar-refractivity contribution in [3.63, 3.8) is 0 Å². The van der Waals surface area contributed by atoms with Crippen LogP contribution < -0.4 is 11.1 Å². The van der Waals surface area contributed by atoms with Crippen LogP contribution in [0.1, 0.15) is 13.3 Å². The van der Waals surface area contributed by atoms with Crippen molar-refractivity contribution >= 4 is 21.7 Å². The maximum Gasteiger partial charge on any atom is 0.326 e. The maximum absolute atomic E-state index is 11.1. The zero-order chi connectivity index (χ0) is 12.9. The second-order valence-electron chi connectivity index (χ2n) is 3.61. The molecule has 2 unspecified atom stereocenters. The van der Waals surface area contributed by atoms with Crippen molar-refractivity contribution in [3.05, 3.63) is 0 Å². The lowest BCUT2D eigenvalue weighted by Crippen LogP contribution is -2.47. The van der Waals surface area contributed by atoms with Gasteiger partial charge in [0.15, 0.2) is 0 Å². The molecule has 4 N–H and O–H groups in total. The predicted molar refractivity (Wildman–Crippen MR) is 57.5 cm³/mol. The largest absolute Gasteiger partial charge is 0.480 e. The number of aliphatic carboxylic acids is 1. The molecule has 0 heterocycles. The Hall–Kier alpha value is -1.15. The van der Waals surface area contributed by atoms with Gasteiger partial charge >= 0.3 is 5.97 Å². The third kappa shape index (κ3) is 6.36. The monoisotopic (exact) mass is 252 g/mol. The van der Waals surface area contributed by atoms with Crippen LogP contribution in [0.2, 0.25) is 0 Å². The molecular formula is C8H16N2O5S. The fraction of sp³-hybridized carbons (Fsp3) is 0.750. The van der Waals surface area contributed by atoms with Gasteiger partial charge in [-0.1, -0.05) is 0 Å². The summed E-state index contributed by atoms with van der Waals surface area (Å²) in [6.07, 6.45) is 0.825. The van der Waals surface area contributed by atoms with Crippen molar-refractivity contribution in [1.29, 1.82) is 0 Å². The molecule has 0 aliphatic rings. The standard InChI is InChI=1S/C8H16N2O5S/c1-5(9)7(11)10-6(8(12)13)3-4-16(2,14)15/h5-6H,3-4,9H2,1-2H3,(H,10,11)(H,12,13). The highest BCUT2D eigenvalue weighted by Crippen LogP contribution is 1.97. The van der Waals surface area contributed by atoms with Gasteiger partial charge in [0.1, 0.15) is 15.9 Å². The molecule has 0 rings (SSSR count). The summed E-state index contributed by atoms with van der Waals surface area (Å²) in [5.74, 6) is -2.21. The van der Waals surface area contributed by atoms with E-state index in [1.165, 1.54) is 6.92 Å². The molecule has 7 nitrogen and oxygen atoms in total. The first-order chi connectivity index (χ1) is 7.13. The first-order valence-electron chi connectivity index (χ1n) is 4.60. The van der Waals surface area contributed by atoms with Gasteiger partial charge in [0, 0.05) is 6.26 Å². The number of hydrogen-bond acceptors (Lipinski definition) is 5. The number of nitrogens with two attached hydrogens (primary N) is 1. The van der Waals surface area contributed by atoms with Crippen LogP contribution in [-0.2, 0) is 19.4 Å². The molecule has 0 saturated carbocycles. The number of amides is 1. The average molecular weight is 252 g/mol. The van der Waals surface area contributed by atoms with Crippen LogP contribution in [0.15, 0.2) is 0 Å². The molecule has 94 valence electrons. The quantitative estimate of drug-likeness (QED) is 0.519. The minimum absolute atomic E-state index is 0.174. The lowest BCUT2D eigenvalue weighted by Gasteiger charge is -2.15. The molecule has 16 heavy (non-hydrogen) atoms. The first-order valence-corrected chi connectivity index (χ1v) is 6.66. The topological polar surface area (TPSA) is 127 Å². The van der Waals surface area contributed by atoms with E-state index >= 15 is 0 Å². The first kappa shape index (κ1) is 14.8. The van der Waals surface area contributed by atoms with E-state index in [0.29, 0.717) is 0 Å². The number of carbonyl (C=O) groups excluding carboxylic acids is 1. The smallest absolute Gasteiger partial charge is 0.326 e. The number of carboxylic acid groups (broad SMARTS) is 1. The van der Waals surface area contributed by atoms with Crippen LogP contribution in [-0.4, -0.2) is 49.5 Å². The van der Waals surface area contributed by atoms with Gasteiger partial charge < -0.3 is 16.2 Å². The van der Waals surface area contributed by atoms with Crippen molar-refractivity contribution in [2.45, 2.75) is 25.4 Å². The van der Waals surface area contributed by atoms with Crippen LogP contribution in [0.4, 0.5) is 0 Å². The van der Waals surface area contributed by atoms with E-state index in [1.54, 1.807) is 0 Å². The molecule has 0 aromatic rings. The maximum atomic E-state index is 11.1. The lowest BCUT2D eigenvalue weighted by atomic mass is 10.2. The number of nitrogens with one attached hydrogen (secondary N) is 1. The van der Waals surface area contributed by atoms with Gasteiger partial charge in [0.25, 0.3) is 0 Å². The van der Waals surface area contributed by atoms with E-state index in [2.05, 4.69) is 5.32 Å². The van der Waals surface area contributed by atoms with Crippen LogP contribution in [0.5, 0.6) is 0 Å². The lowest BCUT2D eigenvalue weighted by molar-refractivity contribution is -0.142. The molecule has 0 saturated heterocycles. The third-order valence-electron chi connectivity index (χ3n) is 1.81. The Morgan fingerprint density at radius 1 is 1.44 bits per heavy atom. The highest BCUT2D eigenvalue weighted by atomic mass is 32.2. The Labute approximate surface area is 93.9 Å². The SMILES string of the molecule is CC(N)C(=O)NC(CCS(C)(=O)=O)C(=O)O. The molecule has 0 aromatic heterocycles. The molecule has 1 amide bonds. The Morgan fingerprint density at radius 2 is 1.94 bits per heavy atom. The molecule has 0 aromatic carbocycles. The number of rotatable bonds is 6. The summed E-state index contributed by atoms with van der Waals surface area (Å²) in [5, 5.41) is 10.9. The normalized spacial score (nSPS) is 15.2. The van der Waals surface area contributed by atoms with Crippen LogP contribution in [0, 0.1) is 0 Å². The Balaban J connectivity index is 4.41. The minimum atomic E-state index is -3.25. The zero-order valence-corrected chi connectivity index (χ0v) is 9.95. The number of sulfone groups is 1. The van der Waals surface area contributed by atoms with Crippen molar-refractivity contribution in [3.8, 4) is 0 Å². The Morgan fingerprint density at radius 3 is 2.25 bits per heavy atom. The van der Waals surface area contributed by atoms with Gasteiger partial charge in [0.05, 0.1) is 11.8 Å². The average Bonchev–Trinajstić information content (AvgIpc) is 2.09. The highest BCUT2D eigenvalue weighted by molar-refractivity contribution is 7.90. The predicted octanol–water partition coefficient (Wildman–Crippen LogP) is -1.66. The molecule has 0 radical (unpaired) electrons. The molecule has 0 aliphatic carbocycles. The fourth-order valence-electron chi connectivity index (χ4n) is 0.892. The second-order valence-corrected chi connectivity index (χ2v) is 5.87. The van der Waals surface area contributed by atoms with E-state index in [0.717, 1.165) is 6.26 Å². The summed E-state index contributed by atoms with van der Waals surface area (Å²) in [6, 6.07) is -2.06. The summed E-state index contributed by atoms with van der Waals surface area (Å²) in [4.78, 5) is 21.9. The molecular weight excluding hydrogens is 236 g/mol. The van der Waals surface area contributed by atoms with Crippen molar-refractivity contribution < 1.29 is 23.1 Å². The third-order valence-corrected chi connectivity index (χ3v) is 2.78. The van der Waals surface area contributed by atoms with Crippen molar-refractivity contribution in [2.24, 2.45) is 5.73 Å². The van der Waals surface area contributed by atoms with Crippen LogP contribution in [0.3, 0.4) is 0 Å². The summed E-state index contributed by atoms with van der Waals surface area (Å²) in [5.41, 5.74) is 5.24. The van der Waals surface area contributed by atoms with Crippen molar-refractivity contribution in [2.75, 3.05) is 12.0 Å². The van der Waals surface area contributed by atoms with Gasteiger partial charge in [-0.2, -0.15) is 0 Å². The molecule has 0 spiro atoms. The summed E-state index contributed by atoms with van der Waals surface area (Å²) < 4.78 is 21.7. The van der Waals surface area contributed by atoms with E-state index in [1.807, 2.05) is 0 Å². The Bertz CT molecular complexity index is 363. The molecule has 0 aliphatic heterocycles. The molecule has 2 atom stereocenters. The summed E-state index contributed by atoms with van der Waals surface area (Å²) in [7, 11) is -3.25. The van der Waals surface area contributed by atoms with Crippen molar-refractivity contribution in [1.82, 2.24) is 5.32 Å². The van der Waals surface area contributed by atoms with Crippen LogP contribution in [0.25, 0.3) is 0 Å².